The van der Waals surface area contributed by atoms with E-state index in [4.69, 9.17) is 11.5 Å². The second kappa shape index (κ2) is 4.66. The Labute approximate surface area is 82.5 Å². The topological polar surface area (TPSA) is 94.9 Å². The third-order valence-electron chi connectivity index (χ3n) is 1.69. The Morgan fingerprint density at radius 3 is 2.79 bits per heavy atom. The monoisotopic (exact) mass is 194 g/mol. The average Bonchev–Trinajstić information content (AvgIpc) is 2.01. The van der Waals surface area contributed by atoms with Gasteiger partial charge in [0.25, 0.3) is 0 Å². The molecule has 0 aromatic carbocycles. The van der Waals surface area contributed by atoms with Crippen LogP contribution in [0, 0.1) is 6.92 Å². The van der Waals surface area contributed by atoms with Crippen LogP contribution in [0.15, 0.2) is 6.07 Å². The molecule has 76 valence electrons. The van der Waals surface area contributed by atoms with Gasteiger partial charge in [0.15, 0.2) is 0 Å². The zero-order chi connectivity index (χ0) is 10.6. The Hall–Kier alpha value is -1.49. The highest BCUT2D eigenvalue weighted by Crippen LogP contribution is 2.01. The molecule has 0 saturated carbocycles. The normalized spacial score (nSPS) is 10.1. The van der Waals surface area contributed by atoms with Crippen molar-refractivity contribution in [3.63, 3.8) is 0 Å². The van der Waals surface area contributed by atoms with Crippen LogP contribution in [0.25, 0.3) is 0 Å². The SMILES string of the molecule is Cc1cc(CCN)nc(CC(N)=O)n1. The van der Waals surface area contributed by atoms with E-state index < -0.39 is 5.91 Å². The van der Waals surface area contributed by atoms with Gasteiger partial charge in [-0.3, -0.25) is 4.79 Å². The molecule has 0 aliphatic heterocycles. The quantitative estimate of drug-likeness (QED) is 0.663. The van der Waals surface area contributed by atoms with E-state index in [1.165, 1.54) is 0 Å². The van der Waals surface area contributed by atoms with E-state index in [0.29, 0.717) is 18.8 Å². The molecule has 1 heterocycles. The Bertz CT molecular complexity index is 338. The number of rotatable bonds is 4. The van der Waals surface area contributed by atoms with Gasteiger partial charge in [0.2, 0.25) is 5.91 Å². The minimum atomic E-state index is -0.422. The van der Waals surface area contributed by atoms with Crippen LogP contribution >= 0.6 is 0 Å². The van der Waals surface area contributed by atoms with Gasteiger partial charge in [-0.2, -0.15) is 0 Å². The van der Waals surface area contributed by atoms with Gasteiger partial charge in [0.1, 0.15) is 5.82 Å². The fourth-order valence-electron chi connectivity index (χ4n) is 1.21. The van der Waals surface area contributed by atoms with Gasteiger partial charge < -0.3 is 11.5 Å². The number of carbonyl (C=O) groups is 1. The minimum absolute atomic E-state index is 0.0826. The van der Waals surface area contributed by atoms with Crippen LogP contribution in [0.3, 0.4) is 0 Å². The van der Waals surface area contributed by atoms with Crippen LogP contribution < -0.4 is 11.5 Å². The van der Waals surface area contributed by atoms with E-state index >= 15 is 0 Å². The fraction of sp³-hybridized carbons (Fsp3) is 0.444. The molecule has 0 aliphatic rings. The zero-order valence-corrected chi connectivity index (χ0v) is 8.16. The van der Waals surface area contributed by atoms with Gasteiger partial charge >= 0.3 is 0 Å². The minimum Gasteiger partial charge on any atom is -0.369 e. The molecule has 1 rings (SSSR count). The Kier molecular flexibility index (Phi) is 3.53. The fourth-order valence-corrected chi connectivity index (χ4v) is 1.21. The smallest absolute Gasteiger partial charge is 0.225 e. The summed E-state index contributed by atoms with van der Waals surface area (Å²) >= 11 is 0. The van der Waals surface area contributed by atoms with Crippen LogP contribution in [0.1, 0.15) is 17.2 Å². The molecular formula is C9H14N4O. The van der Waals surface area contributed by atoms with Crippen molar-refractivity contribution in [1.29, 1.82) is 0 Å². The van der Waals surface area contributed by atoms with Crippen molar-refractivity contribution in [2.24, 2.45) is 11.5 Å². The molecule has 0 unspecified atom stereocenters. The summed E-state index contributed by atoms with van der Waals surface area (Å²) in [6.07, 6.45) is 0.772. The number of primary amides is 1. The number of amides is 1. The first-order valence-corrected chi connectivity index (χ1v) is 4.43. The van der Waals surface area contributed by atoms with Crippen LogP contribution in [-0.2, 0) is 17.6 Å². The van der Waals surface area contributed by atoms with Gasteiger partial charge in [-0.25, -0.2) is 9.97 Å². The summed E-state index contributed by atoms with van der Waals surface area (Å²) in [5.74, 6) is 0.0512. The molecule has 5 nitrogen and oxygen atoms in total. The van der Waals surface area contributed by atoms with Gasteiger partial charge in [-0.15, -0.1) is 0 Å². The molecule has 4 N–H and O–H groups in total. The lowest BCUT2D eigenvalue weighted by atomic mass is 10.2. The molecule has 1 aromatic rings. The summed E-state index contributed by atoms with van der Waals surface area (Å²) in [7, 11) is 0. The largest absolute Gasteiger partial charge is 0.369 e. The first-order valence-electron chi connectivity index (χ1n) is 4.43. The number of nitrogens with zero attached hydrogens (tertiary/aromatic N) is 2. The highest BCUT2D eigenvalue weighted by atomic mass is 16.1. The number of nitrogens with two attached hydrogens (primary N) is 2. The first kappa shape index (κ1) is 10.6. The molecule has 0 aliphatic carbocycles. The summed E-state index contributed by atoms with van der Waals surface area (Å²) in [6, 6.07) is 1.86. The van der Waals surface area contributed by atoms with Crippen molar-refractivity contribution in [2.75, 3.05) is 6.54 Å². The van der Waals surface area contributed by atoms with Crippen molar-refractivity contribution >= 4 is 5.91 Å². The maximum Gasteiger partial charge on any atom is 0.225 e. The van der Waals surface area contributed by atoms with Gasteiger partial charge in [0.05, 0.1) is 6.42 Å². The third kappa shape index (κ3) is 3.10. The van der Waals surface area contributed by atoms with Crippen molar-refractivity contribution in [2.45, 2.75) is 19.8 Å². The van der Waals surface area contributed by atoms with Crippen molar-refractivity contribution in [3.05, 3.63) is 23.3 Å². The van der Waals surface area contributed by atoms with Crippen LogP contribution in [0.2, 0.25) is 0 Å². The lowest BCUT2D eigenvalue weighted by Gasteiger charge is -2.03. The van der Waals surface area contributed by atoms with Gasteiger partial charge in [-0.05, 0) is 19.5 Å². The number of carbonyl (C=O) groups excluding carboxylic acids is 1. The summed E-state index contributed by atoms with van der Waals surface area (Å²) in [5, 5.41) is 0. The molecule has 0 spiro atoms. The maximum absolute atomic E-state index is 10.7. The number of aromatic nitrogens is 2. The number of hydrogen-bond acceptors (Lipinski definition) is 4. The molecule has 0 fully saturated rings. The first-order chi connectivity index (χ1) is 6.61. The molecule has 0 saturated heterocycles. The van der Waals surface area contributed by atoms with Gasteiger partial charge in [-0.1, -0.05) is 0 Å². The molecule has 0 radical (unpaired) electrons. The Morgan fingerprint density at radius 2 is 2.21 bits per heavy atom. The molecule has 1 amide bonds. The predicted octanol–water partition coefficient (Wildman–Crippen LogP) is -0.686. The zero-order valence-electron chi connectivity index (χ0n) is 8.16. The second-order valence-corrected chi connectivity index (χ2v) is 3.10. The van der Waals surface area contributed by atoms with E-state index in [-0.39, 0.29) is 6.42 Å². The summed E-state index contributed by atoms with van der Waals surface area (Å²) in [4.78, 5) is 18.9. The van der Waals surface area contributed by atoms with Crippen LogP contribution in [0.5, 0.6) is 0 Å². The summed E-state index contributed by atoms with van der Waals surface area (Å²) in [5.41, 5.74) is 12.2. The highest BCUT2D eigenvalue weighted by Gasteiger charge is 2.04. The highest BCUT2D eigenvalue weighted by molar-refractivity contribution is 5.75. The number of hydrogen-bond donors (Lipinski definition) is 2. The summed E-state index contributed by atoms with van der Waals surface area (Å²) < 4.78 is 0. The second-order valence-electron chi connectivity index (χ2n) is 3.10. The van der Waals surface area contributed by atoms with E-state index in [1.807, 2.05) is 13.0 Å². The number of aryl methyl sites for hydroxylation is 1. The Balaban J connectivity index is 2.88. The molecule has 14 heavy (non-hydrogen) atoms. The van der Waals surface area contributed by atoms with E-state index in [9.17, 15) is 4.79 Å². The standard InChI is InChI=1S/C9H14N4O/c1-6-4-7(2-3-10)13-9(12-6)5-8(11)14/h4H,2-3,5,10H2,1H3,(H2,11,14). The van der Waals surface area contributed by atoms with Gasteiger partial charge in [0, 0.05) is 17.8 Å². The van der Waals surface area contributed by atoms with Crippen molar-refractivity contribution < 1.29 is 4.79 Å². The molecule has 1 aromatic heterocycles. The average molecular weight is 194 g/mol. The lowest BCUT2D eigenvalue weighted by molar-refractivity contribution is -0.117. The van der Waals surface area contributed by atoms with Crippen molar-refractivity contribution in [3.8, 4) is 0 Å². The molecule has 0 atom stereocenters. The van der Waals surface area contributed by atoms with E-state index in [1.54, 1.807) is 0 Å². The third-order valence-corrected chi connectivity index (χ3v) is 1.69. The van der Waals surface area contributed by atoms with E-state index in [0.717, 1.165) is 11.4 Å². The molecule has 5 heteroatoms. The van der Waals surface area contributed by atoms with Crippen LogP contribution in [0.4, 0.5) is 0 Å². The molecule has 0 bridgehead atoms. The molecular weight excluding hydrogens is 180 g/mol. The lowest BCUT2D eigenvalue weighted by Crippen LogP contribution is -2.17. The summed E-state index contributed by atoms with van der Waals surface area (Å²) in [6.45, 7) is 2.39. The maximum atomic E-state index is 10.7. The van der Waals surface area contributed by atoms with Crippen LogP contribution in [-0.4, -0.2) is 22.4 Å². The van der Waals surface area contributed by atoms with Crippen molar-refractivity contribution in [1.82, 2.24) is 9.97 Å². The Morgan fingerprint density at radius 1 is 1.50 bits per heavy atom. The van der Waals surface area contributed by atoms with E-state index in [2.05, 4.69) is 9.97 Å². The predicted molar refractivity (Wildman–Crippen MR) is 52.4 cm³/mol.